The van der Waals surface area contributed by atoms with Crippen LogP contribution < -0.4 is 5.32 Å². The van der Waals surface area contributed by atoms with Gasteiger partial charge in [-0.15, -0.1) is 0 Å². The number of nitrogens with one attached hydrogen (secondary N) is 1. The lowest BCUT2D eigenvalue weighted by Gasteiger charge is -2.12. The summed E-state index contributed by atoms with van der Waals surface area (Å²) in [5, 5.41) is 12.7. The van der Waals surface area contributed by atoms with Crippen molar-refractivity contribution in [3.8, 4) is 5.75 Å². The number of aromatic hydroxyl groups is 1. The largest absolute Gasteiger partial charge is 0.505 e. The van der Waals surface area contributed by atoms with E-state index in [9.17, 15) is 9.50 Å². The van der Waals surface area contributed by atoms with Crippen LogP contribution in [0.25, 0.3) is 0 Å². The van der Waals surface area contributed by atoms with E-state index < -0.39 is 5.82 Å². The summed E-state index contributed by atoms with van der Waals surface area (Å²) in [7, 11) is 0. The molecule has 0 unspecified atom stereocenters. The summed E-state index contributed by atoms with van der Waals surface area (Å²) in [6.07, 6.45) is 2.05. The summed E-state index contributed by atoms with van der Waals surface area (Å²) in [6.45, 7) is 0.945. The topological polar surface area (TPSA) is 32.3 Å². The number of phenols is 1. The summed E-state index contributed by atoms with van der Waals surface area (Å²) >= 11 is 0. The molecule has 2 N–H and O–H groups in total. The van der Waals surface area contributed by atoms with Gasteiger partial charge in [0, 0.05) is 11.6 Å². The Morgan fingerprint density at radius 1 is 1.46 bits per heavy atom. The van der Waals surface area contributed by atoms with Gasteiger partial charge < -0.3 is 10.4 Å². The molecule has 13 heavy (non-hydrogen) atoms. The molecule has 0 radical (unpaired) electrons. The van der Waals surface area contributed by atoms with Crippen molar-refractivity contribution in [1.29, 1.82) is 0 Å². The summed E-state index contributed by atoms with van der Waals surface area (Å²) in [5.74, 6) is -0.742. The first-order valence-electron chi connectivity index (χ1n) is 4.50. The summed E-state index contributed by atoms with van der Waals surface area (Å²) < 4.78 is 13.0. The molecule has 0 saturated carbocycles. The van der Waals surface area contributed by atoms with E-state index in [1.165, 1.54) is 6.07 Å². The maximum atomic E-state index is 13.0. The van der Waals surface area contributed by atoms with Gasteiger partial charge in [-0.3, -0.25) is 0 Å². The molecule has 0 amide bonds. The molecule has 1 aromatic rings. The molecular formula is C10H12FNO. The molecular weight excluding hydrogens is 169 g/mol. The number of para-hydroxylation sites is 1. The lowest BCUT2D eigenvalue weighted by Crippen LogP contribution is -2.13. The third-order valence-corrected chi connectivity index (χ3v) is 2.45. The first kappa shape index (κ1) is 8.51. The highest BCUT2D eigenvalue weighted by molar-refractivity contribution is 5.36. The molecule has 1 aliphatic rings. The van der Waals surface area contributed by atoms with Crippen molar-refractivity contribution in [2.75, 3.05) is 6.54 Å². The highest BCUT2D eigenvalue weighted by Crippen LogP contribution is 2.31. The third-order valence-electron chi connectivity index (χ3n) is 2.45. The van der Waals surface area contributed by atoms with Crippen molar-refractivity contribution in [3.63, 3.8) is 0 Å². The Kier molecular flexibility index (Phi) is 2.19. The Morgan fingerprint density at radius 2 is 2.31 bits per heavy atom. The average Bonchev–Trinajstić information content (AvgIpc) is 2.62. The van der Waals surface area contributed by atoms with E-state index in [1.54, 1.807) is 12.1 Å². The van der Waals surface area contributed by atoms with Crippen LogP contribution in [0.4, 0.5) is 4.39 Å². The maximum Gasteiger partial charge on any atom is 0.165 e. The SMILES string of the molecule is Oc1c(F)cccc1[C@@H]1CCCN1. The van der Waals surface area contributed by atoms with Crippen molar-refractivity contribution in [2.24, 2.45) is 0 Å². The predicted molar refractivity (Wildman–Crippen MR) is 48.0 cm³/mol. The van der Waals surface area contributed by atoms with Crippen LogP contribution in [0.5, 0.6) is 5.75 Å². The van der Waals surface area contributed by atoms with Crippen LogP contribution >= 0.6 is 0 Å². The van der Waals surface area contributed by atoms with Crippen LogP contribution in [0, 0.1) is 5.82 Å². The molecule has 1 heterocycles. The first-order valence-corrected chi connectivity index (χ1v) is 4.50. The predicted octanol–water partition coefficient (Wildman–Crippen LogP) is 1.96. The number of phenolic OH excluding ortho intramolecular Hbond substituents is 1. The van der Waals surface area contributed by atoms with E-state index in [-0.39, 0.29) is 11.8 Å². The molecule has 1 fully saturated rings. The lowest BCUT2D eigenvalue weighted by molar-refractivity contribution is 0.417. The van der Waals surface area contributed by atoms with Gasteiger partial charge in [0.05, 0.1) is 0 Å². The summed E-state index contributed by atoms with van der Waals surface area (Å²) in [4.78, 5) is 0. The zero-order chi connectivity index (χ0) is 9.26. The molecule has 2 nitrogen and oxygen atoms in total. The van der Waals surface area contributed by atoms with Gasteiger partial charge in [-0.05, 0) is 25.5 Å². The van der Waals surface area contributed by atoms with Gasteiger partial charge in [-0.25, -0.2) is 4.39 Å². The molecule has 0 aromatic heterocycles. The van der Waals surface area contributed by atoms with E-state index in [0.29, 0.717) is 5.56 Å². The van der Waals surface area contributed by atoms with Gasteiger partial charge in [0.25, 0.3) is 0 Å². The van der Waals surface area contributed by atoms with E-state index >= 15 is 0 Å². The fourth-order valence-electron chi connectivity index (χ4n) is 1.76. The normalized spacial score (nSPS) is 22.1. The van der Waals surface area contributed by atoms with Crippen LogP contribution in [0.2, 0.25) is 0 Å². The molecule has 1 saturated heterocycles. The minimum atomic E-state index is -0.536. The highest BCUT2D eigenvalue weighted by atomic mass is 19.1. The van der Waals surface area contributed by atoms with Crippen LogP contribution in [-0.2, 0) is 0 Å². The molecule has 0 bridgehead atoms. The van der Waals surface area contributed by atoms with Crippen LogP contribution in [0.15, 0.2) is 18.2 Å². The minimum Gasteiger partial charge on any atom is -0.505 e. The van der Waals surface area contributed by atoms with Gasteiger partial charge in [0.1, 0.15) is 0 Å². The van der Waals surface area contributed by atoms with Crippen molar-refractivity contribution in [2.45, 2.75) is 18.9 Å². The Morgan fingerprint density at radius 3 is 3.00 bits per heavy atom. The van der Waals surface area contributed by atoms with Crippen LogP contribution in [0.3, 0.4) is 0 Å². The molecule has 1 aliphatic heterocycles. The van der Waals surface area contributed by atoms with Gasteiger partial charge in [-0.2, -0.15) is 0 Å². The molecule has 0 aliphatic carbocycles. The van der Waals surface area contributed by atoms with E-state index in [4.69, 9.17) is 0 Å². The Hall–Kier alpha value is -1.09. The second kappa shape index (κ2) is 3.34. The van der Waals surface area contributed by atoms with Crippen LogP contribution in [0.1, 0.15) is 24.4 Å². The third kappa shape index (κ3) is 1.52. The molecule has 70 valence electrons. The van der Waals surface area contributed by atoms with Gasteiger partial charge in [0.15, 0.2) is 11.6 Å². The summed E-state index contributed by atoms with van der Waals surface area (Å²) in [6, 6.07) is 4.79. The van der Waals surface area contributed by atoms with Gasteiger partial charge in [0.2, 0.25) is 0 Å². The fourth-order valence-corrected chi connectivity index (χ4v) is 1.76. The zero-order valence-corrected chi connectivity index (χ0v) is 7.26. The summed E-state index contributed by atoms with van der Waals surface area (Å²) in [5.41, 5.74) is 0.678. The molecule has 2 rings (SSSR count). The smallest absolute Gasteiger partial charge is 0.165 e. The van der Waals surface area contributed by atoms with Gasteiger partial charge >= 0.3 is 0 Å². The van der Waals surface area contributed by atoms with Crippen molar-refractivity contribution in [1.82, 2.24) is 5.32 Å². The molecule has 3 heteroatoms. The first-order chi connectivity index (χ1) is 6.29. The Balaban J connectivity index is 2.33. The Bertz CT molecular complexity index is 308. The molecule has 1 aromatic carbocycles. The molecule has 1 atom stereocenters. The van der Waals surface area contributed by atoms with Crippen molar-refractivity contribution in [3.05, 3.63) is 29.6 Å². The second-order valence-corrected chi connectivity index (χ2v) is 3.33. The number of rotatable bonds is 1. The second-order valence-electron chi connectivity index (χ2n) is 3.33. The lowest BCUT2D eigenvalue weighted by atomic mass is 10.0. The molecule has 0 spiro atoms. The van der Waals surface area contributed by atoms with Crippen molar-refractivity contribution >= 4 is 0 Å². The van der Waals surface area contributed by atoms with E-state index in [0.717, 1.165) is 19.4 Å². The standard InChI is InChI=1S/C10H12FNO/c11-8-4-1-3-7(10(8)13)9-5-2-6-12-9/h1,3-4,9,12-13H,2,5-6H2/t9-/m0/s1. The minimum absolute atomic E-state index is 0.121. The quantitative estimate of drug-likeness (QED) is 0.694. The number of hydrogen-bond donors (Lipinski definition) is 2. The highest BCUT2D eigenvalue weighted by Gasteiger charge is 2.20. The fraction of sp³-hybridized carbons (Fsp3) is 0.400. The van der Waals surface area contributed by atoms with Gasteiger partial charge in [-0.1, -0.05) is 12.1 Å². The number of hydrogen-bond acceptors (Lipinski definition) is 2. The average molecular weight is 181 g/mol. The van der Waals surface area contributed by atoms with E-state index in [2.05, 4.69) is 5.32 Å². The number of benzene rings is 1. The number of halogens is 1. The van der Waals surface area contributed by atoms with Crippen molar-refractivity contribution < 1.29 is 9.50 Å². The Labute approximate surface area is 76.4 Å². The van der Waals surface area contributed by atoms with Crippen LogP contribution in [-0.4, -0.2) is 11.7 Å². The maximum absolute atomic E-state index is 13.0. The monoisotopic (exact) mass is 181 g/mol. The van der Waals surface area contributed by atoms with E-state index in [1.807, 2.05) is 0 Å². The zero-order valence-electron chi connectivity index (χ0n) is 7.26.